The van der Waals surface area contributed by atoms with Crippen LogP contribution in [-0.2, 0) is 16.6 Å². The van der Waals surface area contributed by atoms with E-state index in [4.69, 9.17) is 0 Å². The van der Waals surface area contributed by atoms with E-state index in [0.717, 1.165) is 11.1 Å². The number of fused-ring (bicyclic) bond motifs is 2. The van der Waals surface area contributed by atoms with Crippen molar-refractivity contribution in [1.82, 2.24) is 9.21 Å². The molecule has 0 aliphatic carbocycles. The van der Waals surface area contributed by atoms with Crippen molar-refractivity contribution in [1.29, 1.82) is 5.26 Å². The summed E-state index contributed by atoms with van der Waals surface area (Å²) in [5.74, 6) is 0. The second kappa shape index (κ2) is 6.84. The highest BCUT2D eigenvalue weighted by molar-refractivity contribution is 7.89. The van der Waals surface area contributed by atoms with Gasteiger partial charge in [0.25, 0.3) is 0 Å². The molecule has 1 saturated heterocycles. The van der Waals surface area contributed by atoms with E-state index < -0.39 is 10.0 Å². The number of hydrogen-bond donors (Lipinski definition) is 0. The number of nitriles is 1. The minimum Gasteiger partial charge on any atom is -0.356 e. The van der Waals surface area contributed by atoms with E-state index in [-0.39, 0.29) is 17.1 Å². The Labute approximate surface area is 160 Å². The van der Waals surface area contributed by atoms with E-state index in [9.17, 15) is 13.7 Å². The van der Waals surface area contributed by atoms with Gasteiger partial charge in [-0.1, -0.05) is 48.0 Å². The Bertz CT molecular complexity index is 1010. The predicted octanol–water partition coefficient (Wildman–Crippen LogP) is 3.40. The van der Waals surface area contributed by atoms with Gasteiger partial charge in [0.15, 0.2) is 0 Å². The molecule has 2 aliphatic rings. The Kier molecular flexibility index (Phi) is 4.50. The summed E-state index contributed by atoms with van der Waals surface area (Å²) in [6.45, 7) is 2.50. The quantitative estimate of drug-likeness (QED) is 0.817. The first-order valence-corrected chi connectivity index (χ1v) is 10.5. The van der Waals surface area contributed by atoms with Gasteiger partial charge >= 0.3 is 0 Å². The van der Waals surface area contributed by atoms with Gasteiger partial charge in [-0.3, -0.25) is 0 Å². The summed E-state index contributed by atoms with van der Waals surface area (Å²) in [6, 6.07) is 18.7. The van der Waals surface area contributed by atoms with E-state index in [1.54, 1.807) is 16.4 Å². The van der Waals surface area contributed by atoms with Crippen LogP contribution in [-0.4, -0.2) is 29.8 Å². The van der Waals surface area contributed by atoms with Crippen LogP contribution in [0, 0.1) is 18.3 Å². The fraction of sp³-hybridized carbons (Fsp3) is 0.286. The van der Waals surface area contributed by atoms with Crippen molar-refractivity contribution in [3.8, 4) is 6.07 Å². The maximum absolute atomic E-state index is 13.4. The number of nitrogens with zero attached hydrogens (tertiary/aromatic N) is 3. The van der Waals surface area contributed by atoms with Gasteiger partial charge in [0.2, 0.25) is 10.0 Å². The molecule has 0 aromatic heterocycles. The Morgan fingerprint density at radius 1 is 1.07 bits per heavy atom. The zero-order chi connectivity index (χ0) is 19.0. The Morgan fingerprint density at radius 3 is 2.44 bits per heavy atom. The maximum atomic E-state index is 13.4. The van der Waals surface area contributed by atoms with Crippen LogP contribution in [0.1, 0.15) is 24.0 Å². The fourth-order valence-electron chi connectivity index (χ4n) is 3.93. The van der Waals surface area contributed by atoms with Crippen molar-refractivity contribution in [2.75, 3.05) is 0 Å². The Balaban J connectivity index is 1.72. The molecule has 0 unspecified atom stereocenters. The summed E-state index contributed by atoms with van der Waals surface area (Å²) in [4.78, 5) is 2.27. The molecule has 138 valence electrons. The number of rotatable bonds is 4. The number of aryl methyl sites for hydroxylation is 1. The molecule has 1 fully saturated rings. The van der Waals surface area contributed by atoms with Crippen molar-refractivity contribution in [3.63, 3.8) is 0 Å². The SMILES string of the molecule is Cc1ccc(S(=O)(=O)N2[C@@H]3CC[C@H]2C(C#N)=CN3Cc2ccccc2)cc1. The van der Waals surface area contributed by atoms with Gasteiger partial charge in [-0.05, 0) is 37.5 Å². The second-order valence-corrected chi connectivity index (χ2v) is 8.92. The topological polar surface area (TPSA) is 64.4 Å². The molecule has 0 radical (unpaired) electrons. The first kappa shape index (κ1) is 17.8. The molecule has 2 aromatic carbocycles. The average Bonchev–Trinajstić information content (AvgIpc) is 3.05. The van der Waals surface area contributed by atoms with Gasteiger partial charge in [-0.2, -0.15) is 9.57 Å². The van der Waals surface area contributed by atoms with Crippen LogP contribution in [0.3, 0.4) is 0 Å². The smallest absolute Gasteiger partial charge is 0.245 e. The van der Waals surface area contributed by atoms with Crippen LogP contribution in [0.4, 0.5) is 0 Å². The highest BCUT2D eigenvalue weighted by Gasteiger charge is 2.48. The van der Waals surface area contributed by atoms with Crippen LogP contribution in [0.2, 0.25) is 0 Å². The van der Waals surface area contributed by atoms with Gasteiger partial charge < -0.3 is 4.90 Å². The largest absolute Gasteiger partial charge is 0.356 e. The Morgan fingerprint density at radius 2 is 1.78 bits per heavy atom. The second-order valence-electron chi connectivity index (χ2n) is 7.08. The standard InChI is InChI=1S/C21H21N3O2S/c1-16-7-9-19(10-8-16)27(25,26)24-20-11-12-21(24)23(15-18(20)13-22)14-17-5-3-2-4-6-17/h2-10,15,20-21H,11-12,14H2,1H3/t20-,21+/m0/s1. The summed E-state index contributed by atoms with van der Waals surface area (Å²) < 4.78 is 28.3. The molecular weight excluding hydrogens is 358 g/mol. The molecule has 0 N–H and O–H groups in total. The lowest BCUT2D eigenvalue weighted by Crippen LogP contribution is -2.51. The van der Waals surface area contributed by atoms with Crippen molar-refractivity contribution in [2.24, 2.45) is 0 Å². The van der Waals surface area contributed by atoms with Crippen molar-refractivity contribution >= 4 is 10.0 Å². The van der Waals surface area contributed by atoms with Gasteiger partial charge in [0, 0.05) is 12.7 Å². The summed E-state index contributed by atoms with van der Waals surface area (Å²) in [5.41, 5.74) is 2.61. The number of benzene rings is 2. The average molecular weight is 379 g/mol. The first-order valence-electron chi connectivity index (χ1n) is 9.02. The minimum atomic E-state index is -3.68. The third-order valence-corrected chi connectivity index (χ3v) is 7.20. The number of sulfonamides is 1. The highest BCUT2D eigenvalue weighted by atomic mass is 32.2. The van der Waals surface area contributed by atoms with Crippen LogP contribution in [0.15, 0.2) is 71.3 Å². The molecular formula is C21H21N3O2S. The van der Waals surface area contributed by atoms with Crippen LogP contribution >= 0.6 is 0 Å². The van der Waals surface area contributed by atoms with E-state index in [0.29, 0.717) is 25.0 Å². The lowest BCUT2D eigenvalue weighted by Gasteiger charge is -2.40. The zero-order valence-electron chi connectivity index (χ0n) is 15.1. The van der Waals surface area contributed by atoms with Crippen LogP contribution < -0.4 is 0 Å². The fourth-order valence-corrected chi connectivity index (χ4v) is 5.76. The molecule has 2 atom stereocenters. The summed E-state index contributed by atoms with van der Waals surface area (Å²) in [6.07, 6.45) is 2.96. The van der Waals surface area contributed by atoms with Gasteiger partial charge in [-0.25, -0.2) is 8.42 Å². The monoisotopic (exact) mass is 379 g/mol. The molecule has 0 amide bonds. The third-order valence-electron chi connectivity index (χ3n) is 5.28. The third kappa shape index (κ3) is 3.14. The lowest BCUT2D eigenvalue weighted by atomic mass is 10.1. The summed E-state index contributed by atoms with van der Waals surface area (Å²) >= 11 is 0. The van der Waals surface area contributed by atoms with Crippen LogP contribution in [0.5, 0.6) is 0 Å². The van der Waals surface area contributed by atoms with E-state index in [1.807, 2.05) is 60.5 Å². The van der Waals surface area contributed by atoms with Gasteiger partial charge in [-0.15, -0.1) is 0 Å². The minimum absolute atomic E-state index is 0.265. The molecule has 6 heteroatoms. The highest BCUT2D eigenvalue weighted by Crippen LogP contribution is 2.40. The van der Waals surface area contributed by atoms with E-state index >= 15 is 0 Å². The molecule has 2 aromatic rings. The first-order chi connectivity index (χ1) is 13.0. The molecule has 0 spiro atoms. The van der Waals surface area contributed by atoms with Gasteiger partial charge in [0.05, 0.1) is 28.7 Å². The van der Waals surface area contributed by atoms with E-state index in [2.05, 4.69) is 6.07 Å². The molecule has 2 aliphatic heterocycles. The molecule has 4 rings (SSSR count). The zero-order valence-corrected chi connectivity index (χ0v) is 15.9. The molecule has 2 heterocycles. The maximum Gasteiger partial charge on any atom is 0.245 e. The van der Waals surface area contributed by atoms with Crippen molar-refractivity contribution in [2.45, 2.75) is 43.4 Å². The van der Waals surface area contributed by atoms with Crippen molar-refractivity contribution in [3.05, 3.63) is 77.5 Å². The predicted molar refractivity (Wildman–Crippen MR) is 103 cm³/mol. The number of hydrogen-bond acceptors (Lipinski definition) is 4. The summed E-state index contributed by atoms with van der Waals surface area (Å²) in [5, 5.41) is 9.62. The lowest BCUT2D eigenvalue weighted by molar-refractivity contribution is 0.147. The summed E-state index contributed by atoms with van der Waals surface area (Å²) in [7, 11) is -3.68. The van der Waals surface area contributed by atoms with Crippen molar-refractivity contribution < 1.29 is 8.42 Å². The molecule has 0 saturated carbocycles. The molecule has 27 heavy (non-hydrogen) atoms. The molecule has 2 bridgehead atoms. The van der Waals surface area contributed by atoms with E-state index in [1.165, 1.54) is 0 Å². The Hall–Kier alpha value is -2.62. The van der Waals surface area contributed by atoms with Gasteiger partial charge in [0.1, 0.15) is 0 Å². The normalized spacial score (nSPS) is 22.4. The van der Waals surface area contributed by atoms with Crippen LogP contribution in [0.25, 0.3) is 0 Å². The molecule has 5 nitrogen and oxygen atoms in total.